The molecule has 1 atom stereocenters. The van der Waals surface area contributed by atoms with E-state index in [-0.39, 0.29) is 6.29 Å². The summed E-state index contributed by atoms with van der Waals surface area (Å²) in [6.45, 7) is 0.796. The van der Waals surface area contributed by atoms with E-state index in [0.29, 0.717) is 0 Å². The van der Waals surface area contributed by atoms with Crippen LogP contribution in [0, 0.1) is 0 Å². The first kappa shape index (κ1) is 11.7. The number of alkyl halides is 4. The fourth-order valence-corrected chi connectivity index (χ4v) is 1.22. The average molecular weight is 220 g/mol. The maximum Gasteiger partial charge on any atom is 0.416 e. The summed E-state index contributed by atoms with van der Waals surface area (Å²) in [5.74, 6) is 0. The van der Waals surface area contributed by atoms with Gasteiger partial charge in [-0.05, 0) is 13.0 Å². The highest BCUT2D eigenvalue weighted by molar-refractivity contribution is 5.66. The molecule has 0 saturated heterocycles. The van der Waals surface area contributed by atoms with Gasteiger partial charge in [0, 0.05) is 5.56 Å². The fraction of sp³-hybridized carbons (Fsp3) is 0.300. The molecular formula is C10H8F4O. The molecule has 5 heteroatoms. The molecule has 0 amide bonds. The van der Waals surface area contributed by atoms with E-state index in [1.165, 1.54) is 6.07 Å². The van der Waals surface area contributed by atoms with Crippen LogP contribution in [-0.2, 0) is 16.6 Å². The van der Waals surface area contributed by atoms with E-state index in [1.807, 2.05) is 0 Å². The standard InChI is InChI=1S/C10H8F4O/c1-9(11,6-15)7-4-2-3-5-8(7)10(12,13)14/h2-6H,1H3. The number of carbonyl (C=O) groups excluding carboxylic acids is 1. The smallest absolute Gasteiger partial charge is 0.299 e. The first-order valence-electron chi connectivity index (χ1n) is 4.11. The SMILES string of the molecule is CC(F)(C=O)c1ccccc1C(F)(F)F. The Morgan fingerprint density at radius 2 is 1.53 bits per heavy atom. The Bertz CT molecular complexity index is 368. The first-order valence-corrected chi connectivity index (χ1v) is 4.11. The second-order valence-electron chi connectivity index (χ2n) is 3.24. The van der Waals surface area contributed by atoms with Crippen molar-refractivity contribution < 1.29 is 22.4 Å². The van der Waals surface area contributed by atoms with Gasteiger partial charge >= 0.3 is 6.18 Å². The summed E-state index contributed by atoms with van der Waals surface area (Å²) in [6, 6.07) is 4.10. The van der Waals surface area contributed by atoms with Crippen molar-refractivity contribution in [2.75, 3.05) is 0 Å². The highest BCUT2D eigenvalue weighted by Crippen LogP contribution is 2.37. The Morgan fingerprint density at radius 3 is 1.93 bits per heavy atom. The van der Waals surface area contributed by atoms with Crippen molar-refractivity contribution in [3.63, 3.8) is 0 Å². The van der Waals surface area contributed by atoms with Crippen LogP contribution in [0.4, 0.5) is 17.6 Å². The van der Waals surface area contributed by atoms with Crippen LogP contribution in [-0.4, -0.2) is 6.29 Å². The van der Waals surface area contributed by atoms with Crippen molar-refractivity contribution in [3.8, 4) is 0 Å². The van der Waals surface area contributed by atoms with Crippen molar-refractivity contribution in [3.05, 3.63) is 35.4 Å². The van der Waals surface area contributed by atoms with Crippen LogP contribution >= 0.6 is 0 Å². The molecule has 82 valence electrons. The van der Waals surface area contributed by atoms with Crippen LogP contribution in [0.1, 0.15) is 18.1 Å². The van der Waals surface area contributed by atoms with Gasteiger partial charge < -0.3 is 0 Å². The normalized spacial score (nSPS) is 15.8. The van der Waals surface area contributed by atoms with Gasteiger partial charge in [-0.2, -0.15) is 13.2 Å². The molecule has 0 aliphatic heterocycles. The van der Waals surface area contributed by atoms with Gasteiger partial charge in [0.2, 0.25) is 0 Å². The summed E-state index contributed by atoms with van der Waals surface area (Å²) in [7, 11) is 0. The molecule has 1 nitrogen and oxygen atoms in total. The molecule has 1 aromatic rings. The number of rotatable bonds is 2. The number of halogens is 4. The topological polar surface area (TPSA) is 17.1 Å². The quantitative estimate of drug-likeness (QED) is 0.553. The number of hydrogen-bond acceptors (Lipinski definition) is 1. The number of carbonyl (C=O) groups is 1. The molecule has 15 heavy (non-hydrogen) atoms. The lowest BCUT2D eigenvalue weighted by molar-refractivity contribution is -0.140. The van der Waals surface area contributed by atoms with Gasteiger partial charge in [-0.3, -0.25) is 4.79 Å². The molecule has 0 aromatic heterocycles. The monoisotopic (exact) mass is 220 g/mol. The second-order valence-corrected chi connectivity index (χ2v) is 3.24. The lowest BCUT2D eigenvalue weighted by Gasteiger charge is -2.19. The zero-order valence-corrected chi connectivity index (χ0v) is 7.81. The zero-order chi connectivity index (χ0) is 11.7. The predicted octanol–water partition coefficient (Wildman–Crippen LogP) is 3.09. The minimum atomic E-state index is -4.66. The van der Waals surface area contributed by atoms with Crippen molar-refractivity contribution in [2.45, 2.75) is 18.8 Å². The molecule has 0 aliphatic carbocycles. The molecule has 1 rings (SSSR count). The molecule has 0 saturated carbocycles. The van der Waals surface area contributed by atoms with Crippen LogP contribution < -0.4 is 0 Å². The molecule has 1 unspecified atom stereocenters. The Labute approximate surface area is 83.7 Å². The number of hydrogen-bond donors (Lipinski definition) is 0. The van der Waals surface area contributed by atoms with Gasteiger partial charge in [0.1, 0.15) is 0 Å². The molecule has 0 N–H and O–H groups in total. The third-order valence-electron chi connectivity index (χ3n) is 1.98. The average Bonchev–Trinajstić information content (AvgIpc) is 2.16. The lowest BCUT2D eigenvalue weighted by atomic mass is 9.94. The molecular weight excluding hydrogens is 212 g/mol. The van der Waals surface area contributed by atoms with Crippen LogP contribution in [0.15, 0.2) is 24.3 Å². The maximum absolute atomic E-state index is 13.5. The zero-order valence-electron chi connectivity index (χ0n) is 7.81. The first-order chi connectivity index (χ1) is 6.79. The van der Waals surface area contributed by atoms with Gasteiger partial charge in [-0.1, -0.05) is 18.2 Å². The van der Waals surface area contributed by atoms with Gasteiger partial charge in [0.25, 0.3) is 0 Å². The summed E-state index contributed by atoms with van der Waals surface area (Å²) < 4.78 is 50.8. The fourth-order valence-electron chi connectivity index (χ4n) is 1.22. The van der Waals surface area contributed by atoms with E-state index in [2.05, 4.69) is 0 Å². The van der Waals surface area contributed by atoms with Crippen LogP contribution in [0.25, 0.3) is 0 Å². The largest absolute Gasteiger partial charge is 0.416 e. The van der Waals surface area contributed by atoms with Crippen LogP contribution in [0.3, 0.4) is 0 Å². The highest BCUT2D eigenvalue weighted by Gasteiger charge is 2.39. The molecule has 1 aromatic carbocycles. The van der Waals surface area contributed by atoms with E-state index in [9.17, 15) is 22.4 Å². The summed E-state index contributed by atoms with van der Waals surface area (Å²) >= 11 is 0. The van der Waals surface area contributed by atoms with Gasteiger partial charge in [0.15, 0.2) is 12.0 Å². The summed E-state index contributed by atoms with van der Waals surface area (Å²) in [4.78, 5) is 10.4. The Balaban J connectivity index is 3.37. The van der Waals surface area contributed by atoms with E-state index < -0.39 is 23.0 Å². The molecule has 0 fully saturated rings. The Kier molecular flexibility index (Phi) is 2.83. The van der Waals surface area contributed by atoms with E-state index in [4.69, 9.17) is 0 Å². The van der Waals surface area contributed by atoms with Crippen molar-refractivity contribution in [2.24, 2.45) is 0 Å². The molecule has 0 aliphatic rings. The molecule has 0 heterocycles. The Morgan fingerprint density at radius 1 is 1.07 bits per heavy atom. The van der Waals surface area contributed by atoms with Gasteiger partial charge in [-0.15, -0.1) is 0 Å². The minimum absolute atomic E-state index is 0.141. The predicted molar refractivity (Wildman–Crippen MR) is 46.0 cm³/mol. The number of aldehydes is 1. The third kappa shape index (κ3) is 2.34. The van der Waals surface area contributed by atoms with Gasteiger partial charge in [-0.25, -0.2) is 4.39 Å². The summed E-state index contributed by atoms with van der Waals surface area (Å²) in [5, 5.41) is 0. The van der Waals surface area contributed by atoms with Crippen molar-refractivity contribution in [1.29, 1.82) is 0 Å². The van der Waals surface area contributed by atoms with E-state index in [0.717, 1.165) is 25.1 Å². The maximum atomic E-state index is 13.5. The summed E-state index contributed by atoms with van der Waals surface area (Å²) in [5.41, 5.74) is -4.40. The van der Waals surface area contributed by atoms with Crippen LogP contribution in [0.2, 0.25) is 0 Å². The molecule has 0 radical (unpaired) electrons. The number of benzene rings is 1. The third-order valence-corrected chi connectivity index (χ3v) is 1.98. The van der Waals surface area contributed by atoms with Crippen molar-refractivity contribution in [1.82, 2.24) is 0 Å². The minimum Gasteiger partial charge on any atom is -0.299 e. The van der Waals surface area contributed by atoms with Gasteiger partial charge in [0.05, 0.1) is 5.56 Å². The van der Waals surface area contributed by atoms with E-state index in [1.54, 1.807) is 0 Å². The van der Waals surface area contributed by atoms with Crippen LogP contribution in [0.5, 0.6) is 0 Å². The summed E-state index contributed by atoms with van der Waals surface area (Å²) in [6.07, 6.45) is -4.80. The Hall–Kier alpha value is -1.39. The van der Waals surface area contributed by atoms with E-state index >= 15 is 0 Å². The molecule has 0 spiro atoms. The second kappa shape index (κ2) is 3.64. The molecule has 0 bridgehead atoms. The highest BCUT2D eigenvalue weighted by atomic mass is 19.4. The van der Waals surface area contributed by atoms with Crippen molar-refractivity contribution >= 4 is 6.29 Å². The lowest BCUT2D eigenvalue weighted by Crippen LogP contribution is -2.22.